The zero-order chi connectivity index (χ0) is 12.6. The van der Waals surface area contributed by atoms with E-state index in [-0.39, 0.29) is 5.41 Å². The third-order valence-electron chi connectivity index (χ3n) is 2.14. The van der Waals surface area contributed by atoms with Crippen LogP contribution in [-0.2, 0) is 5.41 Å². The molecule has 0 bridgehead atoms. The molecule has 2 heterocycles. The Bertz CT molecular complexity index is 545. The van der Waals surface area contributed by atoms with Gasteiger partial charge in [-0.1, -0.05) is 32.4 Å². The average Bonchev–Trinajstić information content (AvgIpc) is 2.62. The summed E-state index contributed by atoms with van der Waals surface area (Å²) in [4.78, 5) is 8.71. The van der Waals surface area contributed by atoms with E-state index in [9.17, 15) is 0 Å². The maximum Gasteiger partial charge on any atom is 0.158 e. The number of nitrogens with zero attached hydrogens (tertiary/aromatic N) is 4. The van der Waals surface area contributed by atoms with Crippen molar-refractivity contribution in [3.05, 3.63) is 33.9 Å². The molecule has 2 aromatic heterocycles. The molecule has 0 fully saturated rings. The van der Waals surface area contributed by atoms with Crippen LogP contribution in [0.15, 0.2) is 22.9 Å². The van der Waals surface area contributed by atoms with Crippen LogP contribution in [0.4, 0.5) is 0 Å². The van der Waals surface area contributed by atoms with Crippen LogP contribution in [-0.4, -0.2) is 19.7 Å². The molecule has 0 saturated heterocycles. The highest BCUT2D eigenvalue weighted by atomic mass is 79.9. The van der Waals surface area contributed by atoms with Gasteiger partial charge in [-0.15, -0.1) is 0 Å². The molecular weight excluding hydrogens is 304 g/mol. The molecule has 0 aliphatic heterocycles. The Morgan fingerprint density at radius 2 is 2.00 bits per heavy atom. The molecule has 6 heteroatoms. The summed E-state index contributed by atoms with van der Waals surface area (Å²) in [6, 6.07) is 1.69. The topological polar surface area (TPSA) is 43.6 Å². The van der Waals surface area contributed by atoms with Crippen molar-refractivity contribution < 1.29 is 0 Å². The smallest absolute Gasteiger partial charge is 0.158 e. The predicted octanol–water partition coefficient (Wildman–Crippen LogP) is 3.38. The van der Waals surface area contributed by atoms with Gasteiger partial charge in [0, 0.05) is 17.7 Å². The third-order valence-corrected chi connectivity index (χ3v) is 2.74. The lowest BCUT2D eigenvalue weighted by atomic mass is 9.96. The summed E-state index contributed by atoms with van der Waals surface area (Å²) in [7, 11) is 0. The van der Waals surface area contributed by atoms with Crippen molar-refractivity contribution in [2.24, 2.45) is 0 Å². The zero-order valence-corrected chi connectivity index (χ0v) is 12.1. The van der Waals surface area contributed by atoms with Gasteiger partial charge in [0.15, 0.2) is 5.82 Å². The fraction of sp³-hybridized carbons (Fsp3) is 0.364. The molecular formula is C11H12BrClN4. The summed E-state index contributed by atoms with van der Waals surface area (Å²) in [5, 5.41) is 4.59. The molecule has 0 radical (unpaired) electrons. The first-order valence-electron chi connectivity index (χ1n) is 5.12. The minimum Gasteiger partial charge on any atom is -0.221 e. The quantitative estimate of drug-likeness (QED) is 0.758. The van der Waals surface area contributed by atoms with Crippen LogP contribution in [0, 0.1) is 0 Å². The van der Waals surface area contributed by atoms with E-state index in [1.807, 2.05) is 27.0 Å². The van der Waals surface area contributed by atoms with Gasteiger partial charge in [-0.3, -0.25) is 0 Å². The minimum atomic E-state index is -0.149. The van der Waals surface area contributed by atoms with E-state index in [0.29, 0.717) is 16.8 Å². The van der Waals surface area contributed by atoms with Crippen molar-refractivity contribution in [2.75, 3.05) is 0 Å². The molecule has 2 rings (SSSR count). The molecule has 2 aromatic rings. The van der Waals surface area contributed by atoms with Crippen LogP contribution in [0.1, 0.15) is 26.6 Å². The van der Waals surface area contributed by atoms with Crippen molar-refractivity contribution in [1.29, 1.82) is 0 Å². The number of halogens is 2. The van der Waals surface area contributed by atoms with E-state index in [2.05, 4.69) is 31.0 Å². The van der Waals surface area contributed by atoms with Crippen LogP contribution in [0.2, 0.25) is 5.15 Å². The molecule has 0 spiro atoms. The molecule has 4 nitrogen and oxygen atoms in total. The van der Waals surface area contributed by atoms with Gasteiger partial charge in [0.2, 0.25) is 0 Å². The molecule has 90 valence electrons. The molecule has 0 aliphatic carbocycles. The Balaban J connectivity index is 2.52. The summed E-state index contributed by atoms with van der Waals surface area (Å²) in [6.07, 6.45) is 3.53. The summed E-state index contributed by atoms with van der Waals surface area (Å²) in [5.74, 6) is 1.37. The van der Waals surface area contributed by atoms with Gasteiger partial charge in [0.25, 0.3) is 0 Å². The lowest BCUT2D eigenvalue weighted by molar-refractivity contribution is 0.542. The highest BCUT2D eigenvalue weighted by Gasteiger charge is 2.19. The van der Waals surface area contributed by atoms with Crippen LogP contribution in [0.25, 0.3) is 5.82 Å². The molecule has 0 aromatic carbocycles. The number of rotatable bonds is 1. The van der Waals surface area contributed by atoms with E-state index >= 15 is 0 Å². The zero-order valence-electron chi connectivity index (χ0n) is 9.78. The second kappa shape index (κ2) is 4.38. The predicted molar refractivity (Wildman–Crippen MR) is 70.6 cm³/mol. The van der Waals surface area contributed by atoms with E-state index < -0.39 is 0 Å². The Hall–Kier alpha value is -0.940. The molecule has 0 saturated carbocycles. The first-order chi connectivity index (χ1) is 7.86. The maximum atomic E-state index is 6.01. The van der Waals surface area contributed by atoms with Gasteiger partial charge in [-0.2, -0.15) is 5.10 Å². The molecule has 0 aliphatic rings. The summed E-state index contributed by atoms with van der Waals surface area (Å²) < 4.78 is 2.55. The SMILES string of the molecule is CC(C)(C)c1nc(Cl)cc(-n2cc(Br)cn2)n1. The second-order valence-corrected chi connectivity index (χ2v) is 6.03. The van der Waals surface area contributed by atoms with Crippen molar-refractivity contribution in [3.8, 4) is 5.82 Å². The Kier molecular flexibility index (Phi) is 3.23. The van der Waals surface area contributed by atoms with Crippen LogP contribution >= 0.6 is 27.5 Å². The van der Waals surface area contributed by atoms with E-state index in [4.69, 9.17) is 11.6 Å². The average molecular weight is 316 g/mol. The normalized spacial score (nSPS) is 11.8. The third kappa shape index (κ3) is 2.84. The summed E-state index contributed by atoms with van der Waals surface area (Å²) in [6.45, 7) is 6.13. The van der Waals surface area contributed by atoms with Crippen molar-refractivity contribution in [3.63, 3.8) is 0 Å². The van der Waals surface area contributed by atoms with Crippen molar-refractivity contribution >= 4 is 27.5 Å². The van der Waals surface area contributed by atoms with Gasteiger partial charge in [-0.25, -0.2) is 14.6 Å². The van der Waals surface area contributed by atoms with Crippen molar-refractivity contribution in [2.45, 2.75) is 26.2 Å². The Labute approximate surface area is 113 Å². The fourth-order valence-corrected chi connectivity index (χ4v) is 1.75. The first-order valence-corrected chi connectivity index (χ1v) is 6.29. The molecule has 17 heavy (non-hydrogen) atoms. The standard InChI is InChI=1S/C11H12BrClN4/c1-11(2,3)10-15-8(13)4-9(16-10)17-6-7(12)5-14-17/h4-6H,1-3H3. The highest BCUT2D eigenvalue weighted by Crippen LogP contribution is 2.22. The van der Waals surface area contributed by atoms with Crippen molar-refractivity contribution in [1.82, 2.24) is 19.7 Å². The lowest BCUT2D eigenvalue weighted by Crippen LogP contribution is -2.17. The molecule has 0 atom stereocenters. The number of aromatic nitrogens is 4. The summed E-state index contributed by atoms with van der Waals surface area (Å²) >= 11 is 9.36. The molecule has 0 unspecified atom stereocenters. The lowest BCUT2D eigenvalue weighted by Gasteiger charge is -2.17. The Morgan fingerprint density at radius 1 is 1.29 bits per heavy atom. The van der Waals surface area contributed by atoms with E-state index in [1.165, 1.54) is 0 Å². The first kappa shape index (κ1) is 12.5. The van der Waals surface area contributed by atoms with Crippen LogP contribution < -0.4 is 0 Å². The number of hydrogen-bond donors (Lipinski definition) is 0. The molecule has 0 N–H and O–H groups in total. The largest absolute Gasteiger partial charge is 0.221 e. The second-order valence-electron chi connectivity index (χ2n) is 4.73. The fourth-order valence-electron chi connectivity index (χ4n) is 1.28. The molecule has 0 amide bonds. The maximum absolute atomic E-state index is 6.01. The van der Waals surface area contributed by atoms with Gasteiger partial charge in [0.1, 0.15) is 11.0 Å². The minimum absolute atomic E-state index is 0.149. The van der Waals surface area contributed by atoms with Crippen LogP contribution in [0.3, 0.4) is 0 Å². The van der Waals surface area contributed by atoms with E-state index in [1.54, 1.807) is 16.9 Å². The van der Waals surface area contributed by atoms with Gasteiger partial charge < -0.3 is 0 Å². The van der Waals surface area contributed by atoms with E-state index in [0.717, 1.165) is 4.47 Å². The Morgan fingerprint density at radius 3 is 2.53 bits per heavy atom. The number of hydrogen-bond acceptors (Lipinski definition) is 3. The van der Waals surface area contributed by atoms with Gasteiger partial charge in [-0.05, 0) is 15.9 Å². The highest BCUT2D eigenvalue weighted by molar-refractivity contribution is 9.10. The summed E-state index contributed by atoms with van der Waals surface area (Å²) in [5.41, 5.74) is -0.149. The van der Waals surface area contributed by atoms with Crippen LogP contribution in [0.5, 0.6) is 0 Å². The van der Waals surface area contributed by atoms with Gasteiger partial charge >= 0.3 is 0 Å². The monoisotopic (exact) mass is 314 g/mol. The van der Waals surface area contributed by atoms with Gasteiger partial charge in [0.05, 0.1) is 10.7 Å².